The normalized spacial score (nSPS) is 20.6. The van der Waals surface area contributed by atoms with E-state index in [2.05, 4.69) is 20.2 Å². The summed E-state index contributed by atoms with van der Waals surface area (Å²) < 4.78 is 0.721. The molecule has 5 nitrogen and oxygen atoms in total. The van der Waals surface area contributed by atoms with E-state index in [4.69, 9.17) is 0 Å². The van der Waals surface area contributed by atoms with Gasteiger partial charge in [-0.15, -0.1) is 11.3 Å². The van der Waals surface area contributed by atoms with E-state index in [0.717, 1.165) is 35.7 Å². The molecule has 3 heterocycles. The van der Waals surface area contributed by atoms with Crippen molar-refractivity contribution in [1.29, 1.82) is 0 Å². The molecule has 0 radical (unpaired) electrons. The monoisotopic (exact) mass is 292 g/mol. The molecule has 1 saturated heterocycles. The fourth-order valence-corrected chi connectivity index (χ4v) is 3.65. The molecule has 1 aliphatic heterocycles. The van der Waals surface area contributed by atoms with Gasteiger partial charge in [0.1, 0.15) is 10.5 Å². The van der Waals surface area contributed by atoms with Crippen LogP contribution in [0.15, 0.2) is 16.2 Å². The van der Waals surface area contributed by atoms with Gasteiger partial charge in [-0.25, -0.2) is 4.98 Å². The molecular formula is C14H20N4OS. The fraction of sp³-hybridized carbons (Fsp3) is 0.571. The Morgan fingerprint density at radius 2 is 2.45 bits per heavy atom. The van der Waals surface area contributed by atoms with Crippen LogP contribution in [0.3, 0.4) is 0 Å². The van der Waals surface area contributed by atoms with Crippen molar-refractivity contribution in [3.8, 4) is 0 Å². The van der Waals surface area contributed by atoms with Gasteiger partial charge in [0.15, 0.2) is 0 Å². The van der Waals surface area contributed by atoms with E-state index in [1.165, 1.54) is 30.6 Å². The van der Waals surface area contributed by atoms with Gasteiger partial charge in [0.05, 0.1) is 12.1 Å². The second kappa shape index (κ2) is 6.03. The van der Waals surface area contributed by atoms with E-state index in [-0.39, 0.29) is 5.56 Å². The van der Waals surface area contributed by atoms with Gasteiger partial charge in [-0.3, -0.25) is 9.69 Å². The number of fused-ring (bicyclic) bond motifs is 1. The Hall–Kier alpha value is -1.24. The van der Waals surface area contributed by atoms with E-state index < -0.39 is 0 Å². The summed E-state index contributed by atoms with van der Waals surface area (Å²) in [6, 6.07) is 2.46. The third kappa shape index (κ3) is 2.77. The summed E-state index contributed by atoms with van der Waals surface area (Å²) in [6.45, 7) is 2.80. The number of nitrogens with zero attached hydrogens (tertiary/aromatic N) is 2. The molecule has 0 aliphatic carbocycles. The van der Waals surface area contributed by atoms with Crippen molar-refractivity contribution in [3.63, 3.8) is 0 Å². The maximum Gasteiger partial charge on any atom is 0.268 e. The quantitative estimate of drug-likeness (QED) is 0.898. The first-order chi connectivity index (χ1) is 9.78. The third-order valence-corrected chi connectivity index (χ3v) is 4.81. The molecule has 2 N–H and O–H groups in total. The van der Waals surface area contributed by atoms with E-state index in [9.17, 15) is 4.79 Å². The number of aromatic nitrogens is 2. The van der Waals surface area contributed by atoms with Crippen molar-refractivity contribution in [3.05, 3.63) is 27.6 Å². The summed E-state index contributed by atoms with van der Waals surface area (Å²) in [5.41, 5.74) is 0.804. The average Bonchev–Trinajstić information content (AvgIpc) is 2.90. The predicted octanol–water partition coefficient (Wildman–Crippen LogP) is 1.56. The highest BCUT2D eigenvalue weighted by molar-refractivity contribution is 7.17. The summed E-state index contributed by atoms with van der Waals surface area (Å²) in [6.07, 6.45) is 3.73. The molecule has 3 rings (SSSR count). The fourth-order valence-electron chi connectivity index (χ4n) is 2.92. The van der Waals surface area contributed by atoms with Crippen LogP contribution < -0.4 is 10.9 Å². The highest BCUT2D eigenvalue weighted by Gasteiger charge is 2.22. The van der Waals surface area contributed by atoms with Crippen molar-refractivity contribution in [1.82, 2.24) is 20.2 Å². The van der Waals surface area contributed by atoms with Crippen molar-refractivity contribution >= 4 is 21.6 Å². The predicted molar refractivity (Wildman–Crippen MR) is 82.2 cm³/mol. The first kappa shape index (κ1) is 13.7. The Kier molecular flexibility index (Phi) is 4.14. The minimum Gasteiger partial charge on any atom is -0.318 e. The molecular weight excluding hydrogens is 272 g/mol. The number of likely N-dealkylation sites (N-methyl/N-ethyl adjacent to an activating group) is 1. The first-order valence-corrected chi connectivity index (χ1v) is 8.01. The molecule has 0 bridgehead atoms. The van der Waals surface area contributed by atoms with E-state index in [0.29, 0.717) is 6.04 Å². The summed E-state index contributed by atoms with van der Waals surface area (Å²) in [5, 5.41) is 5.18. The smallest absolute Gasteiger partial charge is 0.268 e. The van der Waals surface area contributed by atoms with E-state index in [1.54, 1.807) is 0 Å². The lowest BCUT2D eigenvalue weighted by Crippen LogP contribution is -2.44. The number of hydrogen-bond donors (Lipinski definition) is 2. The number of aromatic amines is 1. The van der Waals surface area contributed by atoms with Crippen LogP contribution in [0.5, 0.6) is 0 Å². The topological polar surface area (TPSA) is 61.0 Å². The lowest BCUT2D eigenvalue weighted by molar-refractivity contribution is 0.136. The van der Waals surface area contributed by atoms with Crippen LogP contribution in [0.4, 0.5) is 0 Å². The van der Waals surface area contributed by atoms with E-state index >= 15 is 0 Å². The molecule has 1 aliphatic rings. The molecule has 108 valence electrons. The molecule has 20 heavy (non-hydrogen) atoms. The maximum absolute atomic E-state index is 12.0. The summed E-state index contributed by atoms with van der Waals surface area (Å²) >= 11 is 1.45. The molecule has 0 saturated carbocycles. The van der Waals surface area contributed by atoms with Crippen LogP contribution in [-0.2, 0) is 6.54 Å². The number of rotatable bonds is 4. The summed E-state index contributed by atoms with van der Waals surface area (Å²) in [7, 11) is 1.99. The molecule has 6 heteroatoms. The summed E-state index contributed by atoms with van der Waals surface area (Å²) in [4.78, 5) is 21.9. The number of hydrogen-bond acceptors (Lipinski definition) is 5. The average molecular weight is 292 g/mol. The molecule has 0 aromatic carbocycles. The zero-order valence-corrected chi connectivity index (χ0v) is 12.5. The van der Waals surface area contributed by atoms with Crippen LogP contribution in [0.2, 0.25) is 0 Å². The van der Waals surface area contributed by atoms with Gasteiger partial charge < -0.3 is 10.3 Å². The van der Waals surface area contributed by atoms with Gasteiger partial charge in [-0.2, -0.15) is 0 Å². The highest BCUT2D eigenvalue weighted by Crippen LogP contribution is 2.19. The van der Waals surface area contributed by atoms with Gasteiger partial charge >= 0.3 is 0 Å². The Balaban J connectivity index is 1.82. The van der Waals surface area contributed by atoms with Gasteiger partial charge in [0.2, 0.25) is 0 Å². The van der Waals surface area contributed by atoms with Crippen LogP contribution in [0.1, 0.15) is 25.1 Å². The van der Waals surface area contributed by atoms with E-state index in [1.807, 2.05) is 18.5 Å². The Morgan fingerprint density at radius 1 is 1.55 bits per heavy atom. The molecule has 2 aromatic rings. The standard InChI is InChI=1S/C14H20N4OS/c1-15-8-10-4-2-3-6-18(10)9-12-16-11-5-7-20-13(11)14(19)17-12/h5,7,10,15H,2-4,6,8-9H2,1H3,(H,16,17,19). The summed E-state index contributed by atoms with van der Waals surface area (Å²) in [5.74, 6) is 0.781. The van der Waals surface area contributed by atoms with Gasteiger partial charge in [0.25, 0.3) is 5.56 Å². The van der Waals surface area contributed by atoms with Gasteiger partial charge in [-0.1, -0.05) is 6.42 Å². The number of nitrogens with one attached hydrogen (secondary N) is 2. The molecule has 2 aromatic heterocycles. The number of H-pyrrole nitrogens is 1. The molecule has 1 unspecified atom stereocenters. The van der Waals surface area contributed by atoms with Crippen LogP contribution in [-0.4, -0.2) is 41.0 Å². The van der Waals surface area contributed by atoms with Gasteiger partial charge in [-0.05, 0) is 37.9 Å². The van der Waals surface area contributed by atoms with Crippen LogP contribution >= 0.6 is 11.3 Å². The number of thiophene rings is 1. The molecule has 0 amide bonds. The van der Waals surface area contributed by atoms with Crippen molar-refractivity contribution in [2.75, 3.05) is 20.1 Å². The lowest BCUT2D eigenvalue weighted by atomic mass is 10.0. The van der Waals surface area contributed by atoms with Crippen LogP contribution in [0, 0.1) is 0 Å². The second-order valence-electron chi connectivity index (χ2n) is 5.33. The van der Waals surface area contributed by atoms with Crippen molar-refractivity contribution in [2.24, 2.45) is 0 Å². The minimum absolute atomic E-state index is 0.0119. The maximum atomic E-state index is 12.0. The van der Waals surface area contributed by atoms with Crippen molar-refractivity contribution < 1.29 is 0 Å². The Bertz CT molecular complexity index is 633. The van der Waals surface area contributed by atoms with Gasteiger partial charge in [0, 0.05) is 12.6 Å². The largest absolute Gasteiger partial charge is 0.318 e. The highest BCUT2D eigenvalue weighted by atomic mass is 32.1. The SMILES string of the molecule is CNCC1CCCCN1Cc1nc2ccsc2c(=O)[nH]1. The first-order valence-electron chi connectivity index (χ1n) is 7.13. The molecule has 1 atom stereocenters. The number of likely N-dealkylation sites (tertiary alicyclic amines) is 1. The third-order valence-electron chi connectivity index (χ3n) is 3.91. The van der Waals surface area contributed by atoms with Crippen LogP contribution in [0.25, 0.3) is 10.2 Å². The zero-order chi connectivity index (χ0) is 13.9. The molecule has 1 fully saturated rings. The zero-order valence-electron chi connectivity index (χ0n) is 11.7. The Morgan fingerprint density at radius 3 is 3.30 bits per heavy atom. The van der Waals surface area contributed by atoms with Crippen molar-refractivity contribution in [2.45, 2.75) is 31.8 Å². The Labute approximate surface area is 122 Å². The lowest BCUT2D eigenvalue weighted by Gasteiger charge is -2.35. The second-order valence-corrected chi connectivity index (χ2v) is 6.24. The molecule has 0 spiro atoms. The minimum atomic E-state index is -0.0119. The number of piperidine rings is 1.